The summed E-state index contributed by atoms with van der Waals surface area (Å²) in [5.74, 6) is 0.692. The smallest absolute Gasteiger partial charge is 0.258 e. The topological polar surface area (TPSA) is 84.1 Å². The van der Waals surface area contributed by atoms with Gasteiger partial charge in [0.15, 0.2) is 5.03 Å². The molecule has 0 aliphatic carbocycles. The first-order valence-corrected chi connectivity index (χ1v) is 8.07. The van der Waals surface area contributed by atoms with Crippen LogP contribution in [0.4, 0.5) is 0 Å². The van der Waals surface area contributed by atoms with Crippen LogP contribution >= 0.6 is 15.9 Å². The quantitative estimate of drug-likeness (QED) is 0.857. The van der Waals surface area contributed by atoms with Crippen LogP contribution in [-0.4, -0.2) is 25.7 Å². The molecule has 0 spiro atoms. The number of H-pyrrole nitrogens is 1. The molecule has 8 heteroatoms. The van der Waals surface area contributed by atoms with Crippen LogP contribution < -0.4 is 9.46 Å². The van der Waals surface area contributed by atoms with Crippen LogP contribution in [0.2, 0.25) is 0 Å². The van der Waals surface area contributed by atoms with Crippen LogP contribution in [0.15, 0.2) is 40.0 Å². The van der Waals surface area contributed by atoms with E-state index in [4.69, 9.17) is 4.74 Å². The van der Waals surface area contributed by atoms with Gasteiger partial charge in [-0.25, -0.2) is 13.1 Å². The van der Waals surface area contributed by atoms with Gasteiger partial charge in [-0.05, 0) is 46.6 Å². The third-order valence-corrected chi connectivity index (χ3v) is 4.86. The van der Waals surface area contributed by atoms with E-state index in [-0.39, 0.29) is 11.1 Å². The van der Waals surface area contributed by atoms with Crippen molar-refractivity contribution < 1.29 is 13.2 Å². The molecule has 1 atom stereocenters. The van der Waals surface area contributed by atoms with Crippen LogP contribution in [-0.2, 0) is 10.0 Å². The van der Waals surface area contributed by atoms with Gasteiger partial charge in [-0.2, -0.15) is 5.10 Å². The summed E-state index contributed by atoms with van der Waals surface area (Å²) >= 11 is 3.38. The lowest BCUT2D eigenvalue weighted by atomic mass is 10.1. The average Bonchev–Trinajstić information content (AvgIpc) is 2.92. The van der Waals surface area contributed by atoms with E-state index in [2.05, 4.69) is 30.8 Å². The number of halogens is 1. The molecule has 0 fully saturated rings. The number of nitrogens with zero attached hydrogens (tertiary/aromatic N) is 1. The molecule has 0 saturated heterocycles. The van der Waals surface area contributed by atoms with Gasteiger partial charge in [-0.15, -0.1) is 0 Å². The van der Waals surface area contributed by atoms with E-state index in [1.54, 1.807) is 20.1 Å². The third kappa shape index (κ3) is 3.20. The van der Waals surface area contributed by atoms with Crippen LogP contribution in [0.3, 0.4) is 0 Å². The van der Waals surface area contributed by atoms with E-state index < -0.39 is 10.0 Å². The molecule has 0 aliphatic heterocycles. The number of ether oxygens (including phenoxy) is 1. The monoisotopic (exact) mass is 359 g/mol. The summed E-state index contributed by atoms with van der Waals surface area (Å²) in [6.45, 7) is 1.77. The molecule has 0 amide bonds. The zero-order valence-corrected chi connectivity index (χ0v) is 13.3. The Hall–Kier alpha value is -1.38. The molecule has 0 aliphatic rings. The SMILES string of the molecule is COc1ccc(C(C)NS(=O)(=O)c2ccn[nH]2)cc1Br. The van der Waals surface area contributed by atoms with Gasteiger partial charge in [0.1, 0.15) is 5.75 Å². The van der Waals surface area contributed by atoms with E-state index in [1.165, 1.54) is 12.3 Å². The third-order valence-electron chi connectivity index (χ3n) is 2.77. The molecule has 1 aromatic carbocycles. The highest BCUT2D eigenvalue weighted by atomic mass is 79.9. The van der Waals surface area contributed by atoms with Crippen molar-refractivity contribution in [2.24, 2.45) is 0 Å². The van der Waals surface area contributed by atoms with Crippen molar-refractivity contribution in [1.82, 2.24) is 14.9 Å². The van der Waals surface area contributed by atoms with E-state index in [9.17, 15) is 8.42 Å². The lowest BCUT2D eigenvalue weighted by Crippen LogP contribution is -2.27. The first-order chi connectivity index (χ1) is 9.44. The second kappa shape index (κ2) is 5.94. The Labute approximate surface area is 125 Å². The van der Waals surface area contributed by atoms with Gasteiger partial charge in [0.05, 0.1) is 17.8 Å². The Morgan fingerprint density at radius 2 is 2.15 bits per heavy atom. The molecule has 0 radical (unpaired) electrons. The normalized spacial score (nSPS) is 13.2. The molecule has 1 aromatic heterocycles. The number of rotatable bonds is 5. The van der Waals surface area contributed by atoms with Crippen molar-refractivity contribution in [3.63, 3.8) is 0 Å². The number of aromatic amines is 1. The molecule has 6 nitrogen and oxygen atoms in total. The summed E-state index contributed by atoms with van der Waals surface area (Å²) in [6.07, 6.45) is 1.39. The zero-order valence-electron chi connectivity index (χ0n) is 10.9. The van der Waals surface area contributed by atoms with Crippen LogP contribution in [0.1, 0.15) is 18.5 Å². The maximum Gasteiger partial charge on any atom is 0.258 e. The molecule has 108 valence electrons. The summed E-state index contributed by atoms with van der Waals surface area (Å²) < 4.78 is 32.6. The van der Waals surface area contributed by atoms with Crippen molar-refractivity contribution in [2.75, 3.05) is 7.11 Å². The first kappa shape index (κ1) is 15.0. The average molecular weight is 360 g/mol. The van der Waals surface area contributed by atoms with E-state index in [1.807, 2.05) is 12.1 Å². The number of hydrogen-bond acceptors (Lipinski definition) is 4. The molecule has 2 N–H and O–H groups in total. The van der Waals surface area contributed by atoms with E-state index in [0.29, 0.717) is 5.75 Å². The second-order valence-corrected chi connectivity index (χ2v) is 6.69. The Bertz CT molecular complexity index is 686. The highest BCUT2D eigenvalue weighted by Gasteiger charge is 2.20. The minimum absolute atomic E-state index is 0.0388. The zero-order chi connectivity index (χ0) is 14.8. The molecule has 0 bridgehead atoms. The molecular weight excluding hydrogens is 346 g/mol. The number of sulfonamides is 1. The number of nitrogens with one attached hydrogen (secondary N) is 2. The van der Waals surface area contributed by atoms with Gasteiger partial charge in [-0.3, -0.25) is 5.10 Å². The predicted octanol–water partition coefficient (Wildman–Crippen LogP) is 2.22. The van der Waals surface area contributed by atoms with Crippen molar-refractivity contribution >= 4 is 26.0 Å². The number of aromatic nitrogens is 2. The molecular formula is C12H14BrN3O3S. The summed E-state index contributed by atoms with van der Waals surface area (Å²) in [6, 6.07) is 6.42. The fourth-order valence-electron chi connectivity index (χ4n) is 1.71. The summed E-state index contributed by atoms with van der Waals surface area (Å²) in [7, 11) is -2.03. The molecule has 1 unspecified atom stereocenters. The van der Waals surface area contributed by atoms with Crippen molar-refractivity contribution in [3.05, 3.63) is 40.5 Å². The van der Waals surface area contributed by atoms with Gasteiger partial charge >= 0.3 is 0 Å². The highest BCUT2D eigenvalue weighted by molar-refractivity contribution is 9.10. The van der Waals surface area contributed by atoms with Crippen molar-refractivity contribution in [2.45, 2.75) is 18.0 Å². The van der Waals surface area contributed by atoms with Crippen molar-refractivity contribution in [1.29, 1.82) is 0 Å². The van der Waals surface area contributed by atoms with Crippen LogP contribution in [0.5, 0.6) is 5.75 Å². The maximum atomic E-state index is 12.1. The van der Waals surface area contributed by atoms with Gasteiger partial charge in [-0.1, -0.05) is 6.07 Å². The standard InChI is InChI=1S/C12H14BrN3O3S/c1-8(9-3-4-11(19-2)10(13)7-9)16-20(17,18)12-5-6-14-15-12/h3-8,16H,1-2H3,(H,14,15). The Kier molecular flexibility index (Phi) is 4.46. The number of methoxy groups -OCH3 is 1. The summed E-state index contributed by atoms with van der Waals surface area (Å²) in [4.78, 5) is 0. The molecule has 2 rings (SSSR count). The molecule has 20 heavy (non-hydrogen) atoms. The minimum atomic E-state index is -3.61. The molecule has 2 aromatic rings. The molecule has 1 heterocycles. The first-order valence-electron chi connectivity index (χ1n) is 5.79. The largest absolute Gasteiger partial charge is 0.496 e. The lowest BCUT2D eigenvalue weighted by molar-refractivity contribution is 0.412. The highest BCUT2D eigenvalue weighted by Crippen LogP contribution is 2.28. The van der Waals surface area contributed by atoms with Gasteiger partial charge in [0.25, 0.3) is 10.0 Å². The maximum absolute atomic E-state index is 12.1. The number of hydrogen-bond donors (Lipinski definition) is 2. The fourth-order valence-corrected chi connectivity index (χ4v) is 3.41. The summed E-state index contributed by atoms with van der Waals surface area (Å²) in [5.41, 5.74) is 0.820. The van der Waals surface area contributed by atoms with Gasteiger partial charge in [0.2, 0.25) is 0 Å². The van der Waals surface area contributed by atoms with Crippen LogP contribution in [0.25, 0.3) is 0 Å². The predicted molar refractivity (Wildman–Crippen MR) is 78.0 cm³/mol. The van der Waals surface area contributed by atoms with Gasteiger partial charge in [0, 0.05) is 6.04 Å². The Balaban J connectivity index is 2.20. The van der Waals surface area contributed by atoms with E-state index in [0.717, 1.165) is 10.0 Å². The number of benzene rings is 1. The van der Waals surface area contributed by atoms with Crippen molar-refractivity contribution in [3.8, 4) is 5.75 Å². The lowest BCUT2D eigenvalue weighted by Gasteiger charge is -2.15. The van der Waals surface area contributed by atoms with Crippen LogP contribution in [0, 0.1) is 0 Å². The van der Waals surface area contributed by atoms with E-state index >= 15 is 0 Å². The Morgan fingerprint density at radius 1 is 1.40 bits per heavy atom. The summed E-state index contributed by atoms with van der Waals surface area (Å²) in [5, 5.41) is 6.11. The Morgan fingerprint density at radius 3 is 2.70 bits per heavy atom. The molecule has 0 saturated carbocycles. The second-order valence-electron chi connectivity index (χ2n) is 4.16. The fraction of sp³-hybridized carbons (Fsp3) is 0.250. The van der Waals surface area contributed by atoms with Gasteiger partial charge < -0.3 is 4.74 Å². The minimum Gasteiger partial charge on any atom is -0.496 e.